The van der Waals surface area contributed by atoms with Crippen LogP contribution in [0.3, 0.4) is 0 Å². The maximum absolute atomic E-state index is 12.8. The van der Waals surface area contributed by atoms with Gasteiger partial charge in [0.1, 0.15) is 5.70 Å². The van der Waals surface area contributed by atoms with Gasteiger partial charge in [0.25, 0.3) is 0 Å². The van der Waals surface area contributed by atoms with E-state index < -0.39 is 11.7 Å². The van der Waals surface area contributed by atoms with Gasteiger partial charge in [0, 0.05) is 17.8 Å². The summed E-state index contributed by atoms with van der Waals surface area (Å²) in [6.45, 7) is 5.56. The highest BCUT2D eigenvalue weighted by atomic mass is 19.4. The number of hydrogen-bond donors (Lipinski definition) is 1. The summed E-state index contributed by atoms with van der Waals surface area (Å²) in [5, 5.41) is 0. The van der Waals surface area contributed by atoms with Crippen molar-refractivity contribution in [3.05, 3.63) is 29.9 Å². The predicted octanol–water partition coefficient (Wildman–Crippen LogP) is 4.59. The molecule has 0 unspecified atom stereocenters. The SMILES string of the molecule is CC1(CN)CCC(C)(C2=N/C(c3ncc(C(F)(F)F)cn3)=C/CCCO2)CC1. The molecule has 0 saturated heterocycles. The van der Waals surface area contributed by atoms with Gasteiger partial charge in [0.05, 0.1) is 12.2 Å². The molecule has 2 aliphatic rings. The molecule has 0 amide bonds. The highest BCUT2D eigenvalue weighted by Gasteiger charge is 2.41. The van der Waals surface area contributed by atoms with Crippen LogP contribution >= 0.6 is 0 Å². The van der Waals surface area contributed by atoms with Gasteiger partial charge < -0.3 is 10.5 Å². The summed E-state index contributed by atoms with van der Waals surface area (Å²) in [5.41, 5.74) is 5.43. The Labute approximate surface area is 163 Å². The minimum atomic E-state index is -4.46. The van der Waals surface area contributed by atoms with E-state index in [0.29, 0.717) is 31.2 Å². The Morgan fingerprint density at radius 1 is 1.11 bits per heavy atom. The second-order valence-corrected chi connectivity index (χ2v) is 8.37. The normalized spacial score (nSPS) is 31.1. The Balaban J connectivity index is 1.87. The molecule has 5 nitrogen and oxygen atoms in total. The zero-order valence-electron chi connectivity index (χ0n) is 16.4. The first kappa shape index (κ1) is 20.8. The summed E-state index contributed by atoms with van der Waals surface area (Å²) in [5.74, 6) is 0.809. The number of nitrogens with two attached hydrogens (primary N) is 1. The Bertz CT molecular complexity index is 748. The predicted molar refractivity (Wildman–Crippen MR) is 101 cm³/mol. The summed E-state index contributed by atoms with van der Waals surface area (Å²) in [6, 6.07) is 0. The van der Waals surface area contributed by atoms with Crippen molar-refractivity contribution in [1.82, 2.24) is 9.97 Å². The quantitative estimate of drug-likeness (QED) is 0.811. The van der Waals surface area contributed by atoms with Crippen molar-refractivity contribution in [3.8, 4) is 0 Å². The van der Waals surface area contributed by atoms with Crippen LogP contribution in [0.1, 0.15) is 63.8 Å². The van der Waals surface area contributed by atoms with E-state index in [2.05, 4.69) is 28.8 Å². The van der Waals surface area contributed by atoms with Gasteiger partial charge in [0.15, 0.2) is 11.7 Å². The van der Waals surface area contributed by atoms with Crippen molar-refractivity contribution >= 4 is 11.6 Å². The molecular weight excluding hydrogens is 369 g/mol. The minimum Gasteiger partial charge on any atom is -0.480 e. The van der Waals surface area contributed by atoms with Gasteiger partial charge >= 0.3 is 6.18 Å². The molecule has 28 heavy (non-hydrogen) atoms. The standard InChI is InChI=1S/C20H27F3N4O/c1-18(13-24)6-8-19(2,9-7-18)17-27-15(5-3-4-10-28-17)16-25-11-14(12-26-16)20(21,22)23/h5,11-12H,3-4,6-10,13,24H2,1-2H3/b15-5+,27-17?. The molecular formula is C20H27F3N4O. The van der Waals surface area contributed by atoms with Crippen LogP contribution in [0.2, 0.25) is 0 Å². The molecule has 2 heterocycles. The molecule has 1 aromatic heterocycles. The van der Waals surface area contributed by atoms with E-state index in [1.165, 1.54) is 0 Å². The highest BCUT2D eigenvalue weighted by Crippen LogP contribution is 2.46. The van der Waals surface area contributed by atoms with E-state index in [-0.39, 0.29) is 16.7 Å². The van der Waals surface area contributed by atoms with Crippen LogP contribution < -0.4 is 5.73 Å². The van der Waals surface area contributed by atoms with E-state index in [9.17, 15) is 13.2 Å². The summed E-state index contributed by atoms with van der Waals surface area (Å²) < 4.78 is 44.3. The first-order valence-corrected chi connectivity index (χ1v) is 9.67. The van der Waals surface area contributed by atoms with Gasteiger partial charge in [-0.05, 0) is 50.5 Å². The average Bonchev–Trinajstić information content (AvgIpc) is 2.64. The van der Waals surface area contributed by atoms with E-state index >= 15 is 0 Å². The van der Waals surface area contributed by atoms with Gasteiger partial charge in [0.2, 0.25) is 0 Å². The third-order valence-electron chi connectivity index (χ3n) is 5.92. The van der Waals surface area contributed by atoms with Crippen LogP contribution in [-0.2, 0) is 10.9 Å². The zero-order valence-corrected chi connectivity index (χ0v) is 16.4. The largest absolute Gasteiger partial charge is 0.480 e. The molecule has 0 aromatic carbocycles. The molecule has 1 fully saturated rings. The average molecular weight is 396 g/mol. The highest BCUT2D eigenvalue weighted by molar-refractivity contribution is 5.87. The third-order valence-corrected chi connectivity index (χ3v) is 5.92. The fraction of sp³-hybridized carbons (Fsp3) is 0.650. The zero-order chi connectivity index (χ0) is 20.4. The lowest BCUT2D eigenvalue weighted by atomic mass is 9.65. The molecule has 0 atom stereocenters. The van der Waals surface area contributed by atoms with Crippen LogP contribution in [0.5, 0.6) is 0 Å². The van der Waals surface area contributed by atoms with Crippen molar-refractivity contribution in [2.75, 3.05) is 13.2 Å². The number of alkyl halides is 3. The molecule has 0 radical (unpaired) electrons. The molecule has 3 rings (SSSR count). The third kappa shape index (κ3) is 4.54. The van der Waals surface area contributed by atoms with Crippen molar-refractivity contribution in [3.63, 3.8) is 0 Å². The number of aliphatic imine (C=N–C) groups is 1. The van der Waals surface area contributed by atoms with E-state index in [4.69, 9.17) is 10.5 Å². The Morgan fingerprint density at radius 3 is 2.32 bits per heavy atom. The summed E-state index contributed by atoms with van der Waals surface area (Å²) in [4.78, 5) is 12.5. The van der Waals surface area contributed by atoms with Crippen molar-refractivity contribution in [2.45, 2.75) is 58.5 Å². The van der Waals surface area contributed by atoms with Crippen molar-refractivity contribution < 1.29 is 17.9 Å². The van der Waals surface area contributed by atoms with Crippen LogP contribution in [-0.4, -0.2) is 29.0 Å². The van der Waals surface area contributed by atoms with E-state index in [1.54, 1.807) is 0 Å². The van der Waals surface area contributed by atoms with Crippen molar-refractivity contribution in [2.24, 2.45) is 21.6 Å². The van der Waals surface area contributed by atoms with Gasteiger partial charge in [-0.15, -0.1) is 0 Å². The van der Waals surface area contributed by atoms with E-state index in [0.717, 1.165) is 44.5 Å². The number of halogens is 3. The molecule has 8 heteroatoms. The fourth-order valence-corrected chi connectivity index (χ4v) is 3.56. The molecule has 0 bridgehead atoms. The van der Waals surface area contributed by atoms with Crippen molar-refractivity contribution in [1.29, 1.82) is 0 Å². The second kappa shape index (κ2) is 7.81. The Morgan fingerprint density at radius 2 is 1.75 bits per heavy atom. The molecule has 1 aromatic rings. The molecule has 1 aliphatic heterocycles. The minimum absolute atomic E-state index is 0.136. The number of rotatable bonds is 3. The fourth-order valence-electron chi connectivity index (χ4n) is 3.56. The first-order valence-electron chi connectivity index (χ1n) is 9.67. The lowest BCUT2D eigenvalue weighted by molar-refractivity contribution is -0.138. The van der Waals surface area contributed by atoms with Gasteiger partial charge in [-0.25, -0.2) is 15.0 Å². The van der Waals surface area contributed by atoms with Gasteiger partial charge in [-0.2, -0.15) is 13.2 Å². The van der Waals surface area contributed by atoms with E-state index in [1.807, 2.05) is 6.08 Å². The van der Waals surface area contributed by atoms with Gasteiger partial charge in [-0.3, -0.25) is 0 Å². The lowest BCUT2D eigenvalue weighted by Gasteiger charge is -2.42. The maximum atomic E-state index is 12.8. The summed E-state index contributed by atoms with van der Waals surface area (Å²) in [6.07, 6.45) is 4.30. The molecule has 1 saturated carbocycles. The molecule has 2 N–H and O–H groups in total. The molecule has 154 valence electrons. The summed E-state index contributed by atoms with van der Waals surface area (Å²) in [7, 11) is 0. The second-order valence-electron chi connectivity index (χ2n) is 8.37. The van der Waals surface area contributed by atoms with Gasteiger partial charge in [-0.1, -0.05) is 19.9 Å². The topological polar surface area (TPSA) is 73.4 Å². The number of aromatic nitrogens is 2. The Kier molecular flexibility index (Phi) is 5.79. The van der Waals surface area contributed by atoms with Crippen LogP contribution in [0, 0.1) is 10.8 Å². The molecule has 1 aliphatic carbocycles. The van der Waals surface area contributed by atoms with Crippen LogP contribution in [0.4, 0.5) is 13.2 Å². The Hall–Kier alpha value is -1.96. The summed E-state index contributed by atoms with van der Waals surface area (Å²) >= 11 is 0. The maximum Gasteiger partial charge on any atom is 0.419 e. The molecule has 0 spiro atoms. The number of ether oxygens (including phenoxy) is 1. The first-order chi connectivity index (χ1) is 13.2. The number of nitrogens with zero attached hydrogens (tertiary/aromatic N) is 3. The number of hydrogen-bond acceptors (Lipinski definition) is 5. The monoisotopic (exact) mass is 396 g/mol. The van der Waals surface area contributed by atoms with Crippen LogP contribution in [0.15, 0.2) is 23.5 Å². The van der Waals surface area contributed by atoms with Crippen LogP contribution in [0.25, 0.3) is 5.70 Å². The number of allylic oxidation sites excluding steroid dienone is 1. The smallest absolute Gasteiger partial charge is 0.419 e. The lowest BCUT2D eigenvalue weighted by Crippen LogP contribution is -2.40.